The second-order valence-corrected chi connectivity index (χ2v) is 5.66. The predicted octanol–water partition coefficient (Wildman–Crippen LogP) is -0.915. The summed E-state index contributed by atoms with van der Waals surface area (Å²) in [6.07, 6.45) is -0.334. The second kappa shape index (κ2) is 4.91. The van der Waals surface area contributed by atoms with E-state index in [1.54, 1.807) is 0 Å². The standard InChI is InChI=1S/C8H16N2O4S/c1-7-6-9-3-4-10(7)15(13,14)5-2-8(11)12/h7,9H,2-6H2,1H3,(H,11,12)/t7-/m0/s1. The maximum atomic E-state index is 11.7. The van der Waals surface area contributed by atoms with Crippen molar-refractivity contribution in [2.75, 3.05) is 25.4 Å². The van der Waals surface area contributed by atoms with Crippen LogP contribution in [0.4, 0.5) is 0 Å². The Kier molecular flexibility index (Phi) is 4.06. The van der Waals surface area contributed by atoms with Crippen LogP contribution in [-0.4, -0.2) is 55.2 Å². The Balaban J connectivity index is 2.63. The number of nitrogens with one attached hydrogen (secondary N) is 1. The summed E-state index contributed by atoms with van der Waals surface area (Å²) in [5.41, 5.74) is 0. The van der Waals surface area contributed by atoms with E-state index in [0.717, 1.165) is 0 Å². The molecule has 0 bridgehead atoms. The summed E-state index contributed by atoms with van der Waals surface area (Å²) in [5.74, 6) is -1.39. The summed E-state index contributed by atoms with van der Waals surface area (Å²) < 4.78 is 24.9. The van der Waals surface area contributed by atoms with E-state index in [1.165, 1.54) is 4.31 Å². The monoisotopic (exact) mass is 236 g/mol. The van der Waals surface area contributed by atoms with Gasteiger partial charge in [0.05, 0.1) is 12.2 Å². The summed E-state index contributed by atoms with van der Waals surface area (Å²) >= 11 is 0. The number of carboxylic acids is 1. The first-order valence-electron chi connectivity index (χ1n) is 4.85. The van der Waals surface area contributed by atoms with E-state index in [1.807, 2.05) is 6.92 Å². The van der Waals surface area contributed by atoms with Crippen molar-refractivity contribution in [3.05, 3.63) is 0 Å². The Hall–Kier alpha value is -0.660. The molecular formula is C8H16N2O4S. The molecule has 7 heteroatoms. The van der Waals surface area contributed by atoms with Gasteiger partial charge in [0.25, 0.3) is 0 Å². The van der Waals surface area contributed by atoms with E-state index >= 15 is 0 Å². The highest BCUT2D eigenvalue weighted by atomic mass is 32.2. The van der Waals surface area contributed by atoms with Crippen molar-refractivity contribution in [1.29, 1.82) is 0 Å². The van der Waals surface area contributed by atoms with Crippen molar-refractivity contribution < 1.29 is 18.3 Å². The van der Waals surface area contributed by atoms with Crippen molar-refractivity contribution in [3.63, 3.8) is 0 Å². The fourth-order valence-electron chi connectivity index (χ4n) is 1.57. The molecule has 1 aliphatic heterocycles. The van der Waals surface area contributed by atoms with Crippen LogP contribution in [0.25, 0.3) is 0 Å². The van der Waals surface area contributed by atoms with E-state index in [0.29, 0.717) is 19.6 Å². The van der Waals surface area contributed by atoms with Crippen molar-refractivity contribution in [1.82, 2.24) is 9.62 Å². The van der Waals surface area contributed by atoms with Crippen molar-refractivity contribution in [2.45, 2.75) is 19.4 Å². The number of hydrogen-bond acceptors (Lipinski definition) is 4. The average Bonchev–Trinajstić information content (AvgIpc) is 2.15. The minimum atomic E-state index is -3.42. The zero-order chi connectivity index (χ0) is 11.5. The largest absolute Gasteiger partial charge is 0.481 e. The lowest BCUT2D eigenvalue weighted by Crippen LogP contribution is -2.52. The Bertz CT molecular complexity index is 328. The molecule has 0 saturated carbocycles. The third-order valence-corrected chi connectivity index (χ3v) is 4.35. The molecule has 1 rings (SSSR count). The lowest BCUT2D eigenvalue weighted by atomic mass is 10.3. The molecule has 0 aromatic rings. The van der Waals surface area contributed by atoms with Gasteiger partial charge in [-0.05, 0) is 6.92 Å². The number of rotatable bonds is 4. The molecule has 0 radical (unpaired) electrons. The van der Waals surface area contributed by atoms with Gasteiger partial charge in [0.1, 0.15) is 0 Å². The normalized spacial score (nSPS) is 23.9. The minimum absolute atomic E-state index is 0.0995. The molecule has 1 aliphatic rings. The molecule has 1 heterocycles. The van der Waals surface area contributed by atoms with Crippen LogP contribution < -0.4 is 5.32 Å². The molecule has 2 N–H and O–H groups in total. The smallest absolute Gasteiger partial charge is 0.304 e. The first-order chi connectivity index (χ1) is 6.93. The summed E-state index contributed by atoms with van der Waals surface area (Å²) in [7, 11) is -3.42. The highest BCUT2D eigenvalue weighted by Gasteiger charge is 2.29. The van der Waals surface area contributed by atoms with Crippen LogP contribution >= 0.6 is 0 Å². The van der Waals surface area contributed by atoms with Crippen molar-refractivity contribution in [2.24, 2.45) is 0 Å². The van der Waals surface area contributed by atoms with Gasteiger partial charge in [0, 0.05) is 25.7 Å². The topological polar surface area (TPSA) is 86.7 Å². The van der Waals surface area contributed by atoms with Gasteiger partial charge in [0.2, 0.25) is 10.0 Å². The molecule has 0 amide bonds. The second-order valence-electron chi connectivity index (χ2n) is 3.62. The number of carboxylic acid groups (broad SMARTS) is 1. The third kappa shape index (κ3) is 3.44. The van der Waals surface area contributed by atoms with E-state index in [-0.39, 0.29) is 18.2 Å². The number of hydrogen-bond donors (Lipinski definition) is 2. The average molecular weight is 236 g/mol. The Labute approximate surface area is 89.3 Å². The molecule has 1 fully saturated rings. The van der Waals surface area contributed by atoms with Gasteiger partial charge in [0.15, 0.2) is 0 Å². The summed E-state index contributed by atoms with van der Waals surface area (Å²) in [4.78, 5) is 10.3. The summed E-state index contributed by atoms with van der Waals surface area (Å²) in [6, 6.07) is -0.0995. The molecule has 6 nitrogen and oxygen atoms in total. The maximum absolute atomic E-state index is 11.7. The first-order valence-corrected chi connectivity index (χ1v) is 6.46. The van der Waals surface area contributed by atoms with E-state index in [4.69, 9.17) is 5.11 Å². The highest BCUT2D eigenvalue weighted by molar-refractivity contribution is 7.89. The summed E-state index contributed by atoms with van der Waals surface area (Å²) in [6.45, 7) is 3.47. The van der Waals surface area contributed by atoms with Gasteiger partial charge in [-0.15, -0.1) is 0 Å². The fourth-order valence-corrected chi connectivity index (χ4v) is 3.23. The van der Waals surface area contributed by atoms with Gasteiger partial charge < -0.3 is 10.4 Å². The van der Waals surface area contributed by atoms with Crippen molar-refractivity contribution in [3.8, 4) is 0 Å². The SMILES string of the molecule is C[C@H]1CNCCN1S(=O)(=O)CCC(=O)O. The third-order valence-electron chi connectivity index (χ3n) is 2.37. The van der Waals surface area contributed by atoms with Crippen LogP contribution in [0.2, 0.25) is 0 Å². The number of aliphatic carboxylic acids is 1. The van der Waals surface area contributed by atoms with Crippen LogP contribution in [0.1, 0.15) is 13.3 Å². The van der Waals surface area contributed by atoms with E-state index in [2.05, 4.69) is 5.32 Å². The van der Waals surface area contributed by atoms with Gasteiger partial charge in [-0.25, -0.2) is 8.42 Å². The summed E-state index contributed by atoms with van der Waals surface area (Å²) in [5, 5.41) is 11.5. The molecule has 1 saturated heterocycles. The maximum Gasteiger partial charge on any atom is 0.304 e. The number of nitrogens with zero attached hydrogens (tertiary/aromatic N) is 1. The lowest BCUT2D eigenvalue weighted by Gasteiger charge is -2.32. The van der Waals surface area contributed by atoms with Gasteiger partial charge in [-0.3, -0.25) is 4.79 Å². The zero-order valence-corrected chi connectivity index (χ0v) is 9.46. The van der Waals surface area contributed by atoms with Crippen molar-refractivity contribution >= 4 is 16.0 Å². The Morgan fingerprint density at radius 2 is 2.27 bits per heavy atom. The van der Waals surface area contributed by atoms with E-state index < -0.39 is 16.0 Å². The quantitative estimate of drug-likeness (QED) is 0.659. The van der Waals surface area contributed by atoms with E-state index in [9.17, 15) is 13.2 Å². The van der Waals surface area contributed by atoms with Crippen LogP contribution in [0.3, 0.4) is 0 Å². The molecule has 0 aromatic carbocycles. The molecule has 88 valence electrons. The van der Waals surface area contributed by atoms with Gasteiger partial charge in [-0.1, -0.05) is 0 Å². The molecule has 1 atom stereocenters. The molecule has 0 spiro atoms. The number of piperazine rings is 1. The number of carbonyl (C=O) groups is 1. The van der Waals surface area contributed by atoms with Gasteiger partial charge >= 0.3 is 5.97 Å². The molecular weight excluding hydrogens is 220 g/mol. The molecule has 0 unspecified atom stereocenters. The zero-order valence-electron chi connectivity index (χ0n) is 8.64. The van der Waals surface area contributed by atoms with Crippen LogP contribution in [0, 0.1) is 0 Å². The Morgan fingerprint density at radius 1 is 1.60 bits per heavy atom. The van der Waals surface area contributed by atoms with Crippen LogP contribution in [0.5, 0.6) is 0 Å². The fraction of sp³-hybridized carbons (Fsp3) is 0.875. The highest BCUT2D eigenvalue weighted by Crippen LogP contribution is 2.10. The molecule has 15 heavy (non-hydrogen) atoms. The van der Waals surface area contributed by atoms with Crippen LogP contribution in [0.15, 0.2) is 0 Å². The predicted molar refractivity (Wildman–Crippen MR) is 55.1 cm³/mol. The number of sulfonamides is 1. The first kappa shape index (κ1) is 12.4. The molecule has 0 aromatic heterocycles. The van der Waals surface area contributed by atoms with Crippen LogP contribution in [-0.2, 0) is 14.8 Å². The minimum Gasteiger partial charge on any atom is -0.481 e. The Morgan fingerprint density at radius 3 is 2.80 bits per heavy atom. The van der Waals surface area contributed by atoms with Gasteiger partial charge in [-0.2, -0.15) is 4.31 Å². The molecule has 0 aliphatic carbocycles. The lowest BCUT2D eigenvalue weighted by molar-refractivity contribution is -0.136.